The number of nitrogens with one attached hydrogen (secondary N) is 2. The maximum Gasteiger partial charge on any atom is 0.328 e. The number of H-pyrrole nitrogens is 1. The standard InChI is InChI=1S/C20H23N3O4/c1-27-20(26)17(8-12-10-21-16-5-3-2-4-15(12)16)22-19(25)13-9-18(24)23(11-13)14-6-7-14/h2-5,10,13-14,17,21H,6-9,11H2,1H3,(H,22,25)/t13-,17+/m0/s1. The van der Waals surface area contributed by atoms with Crippen molar-refractivity contribution in [2.24, 2.45) is 5.92 Å². The highest BCUT2D eigenvalue weighted by Crippen LogP contribution is 2.32. The molecule has 2 fully saturated rings. The van der Waals surface area contributed by atoms with Crippen molar-refractivity contribution in [3.8, 4) is 0 Å². The van der Waals surface area contributed by atoms with Gasteiger partial charge in [0.2, 0.25) is 11.8 Å². The molecule has 1 aliphatic heterocycles. The number of aromatic nitrogens is 1. The number of carbonyl (C=O) groups is 3. The van der Waals surface area contributed by atoms with Crippen molar-refractivity contribution in [3.63, 3.8) is 0 Å². The molecule has 1 aliphatic carbocycles. The molecule has 7 nitrogen and oxygen atoms in total. The molecule has 27 heavy (non-hydrogen) atoms. The molecular weight excluding hydrogens is 346 g/mol. The van der Waals surface area contributed by atoms with E-state index >= 15 is 0 Å². The molecule has 2 heterocycles. The summed E-state index contributed by atoms with van der Waals surface area (Å²) >= 11 is 0. The predicted molar refractivity (Wildman–Crippen MR) is 98.8 cm³/mol. The van der Waals surface area contributed by atoms with E-state index in [1.807, 2.05) is 30.5 Å². The zero-order valence-corrected chi connectivity index (χ0v) is 15.2. The molecule has 142 valence electrons. The number of aromatic amines is 1. The third kappa shape index (κ3) is 3.54. The van der Waals surface area contributed by atoms with Crippen LogP contribution in [0.5, 0.6) is 0 Å². The van der Waals surface area contributed by atoms with Gasteiger partial charge in [-0.3, -0.25) is 9.59 Å². The van der Waals surface area contributed by atoms with Gasteiger partial charge in [0, 0.05) is 42.5 Å². The molecule has 1 saturated heterocycles. The number of esters is 1. The summed E-state index contributed by atoms with van der Waals surface area (Å²) in [6, 6.07) is 7.32. The molecule has 7 heteroatoms. The van der Waals surface area contributed by atoms with Crippen LogP contribution in [-0.4, -0.2) is 53.4 Å². The summed E-state index contributed by atoms with van der Waals surface area (Å²) in [5, 5.41) is 3.82. The van der Waals surface area contributed by atoms with Crippen LogP contribution in [0.2, 0.25) is 0 Å². The predicted octanol–water partition coefficient (Wildman–Crippen LogP) is 1.38. The van der Waals surface area contributed by atoms with Crippen molar-refractivity contribution in [2.45, 2.75) is 37.8 Å². The Morgan fingerprint density at radius 3 is 2.85 bits per heavy atom. The SMILES string of the molecule is COC(=O)[C@@H](Cc1c[nH]c2ccccc12)NC(=O)[C@H]1CC(=O)N(C2CC2)C1. The molecule has 2 atom stereocenters. The molecule has 1 saturated carbocycles. The number of hydrogen-bond acceptors (Lipinski definition) is 4. The van der Waals surface area contributed by atoms with E-state index in [0.717, 1.165) is 29.3 Å². The molecule has 4 rings (SSSR count). The van der Waals surface area contributed by atoms with Crippen LogP contribution in [0.25, 0.3) is 10.9 Å². The van der Waals surface area contributed by atoms with Crippen LogP contribution >= 0.6 is 0 Å². The number of benzene rings is 1. The summed E-state index contributed by atoms with van der Waals surface area (Å²) in [4.78, 5) is 42.0. The fraction of sp³-hybridized carbons (Fsp3) is 0.450. The highest BCUT2D eigenvalue weighted by molar-refractivity contribution is 5.92. The number of fused-ring (bicyclic) bond motifs is 1. The summed E-state index contributed by atoms with van der Waals surface area (Å²) in [5.74, 6) is -1.13. The average molecular weight is 369 g/mol. The number of methoxy groups -OCH3 is 1. The first-order valence-electron chi connectivity index (χ1n) is 9.29. The number of ether oxygens (including phenoxy) is 1. The van der Waals surface area contributed by atoms with E-state index in [-0.39, 0.29) is 18.2 Å². The second-order valence-corrected chi connectivity index (χ2v) is 7.33. The quantitative estimate of drug-likeness (QED) is 0.753. The Balaban J connectivity index is 1.46. The number of rotatable bonds is 6. The third-order valence-electron chi connectivity index (χ3n) is 5.42. The van der Waals surface area contributed by atoms with Crippen LogP contribution in [0, 0.1) is 5.92 Å². The lowest BCUT2D eigenvalue weighted by atomic mass is 10.0. The van der Waals surface area contributed by atoms with Crippen LogP contribution in [0.15, 0.2) is 30.5 Å². The van der Waals surface area contributed by atoms with Crippen molar-refractivity contribution in [1.82, 2.24) is 15.2 Å². The molecule has 0 radical (unpaired) electrons. The average Bonchev–Trinajstić information content (AvgIpc) is 3.33. The summed E-state index contributed by atoms with van der Waals surface area (Å²) in [6.07, 6.45) is 4.43. The number of nitrogens with zero attached hydrogens (tertiary/aromatic N) is 1. The summed E-state index contributed by atoms with van der Waals surface area (Å²) in [7, 11) is 1.31. The van der Waals surface area contributed by atoms with Gasteiger partial charge in [0.1, 0.15) is 6.04 Å². The second-order valence-electron chi connectivity index (χ2n) is 7.33. The fourth-order valence-corrected chi connectivity index (χ4v) is 3.79. The van der Waals surface area contributed by atoms with E-state index in [0.29, 0.717) is 19.0 Å². The van der Waals surface area contributed by atoms with Crippen molar-refractivity contribution < 1.29 is 19.1 Å². The molecule has 2 aliphatic rings. The van der Waals surface area contributed by atoms with E-state index < -0.39 is 17.9 Å². The summed E-state index contributed by atoms with van der Waals surface area (Å²) in [6.45, 7) is 0.441. The minimum absolute atomic E-state index is 0.0314. The van der Waals surface area contributed by atoms with Gasteiger partial charge in [0.05, 0.1) is 13.0 Å². The van der Waals surface area contributed by atoms with Gasteiger partial charge >= 0.3 is 5.97 Å². The maximum absolute atomic E-state index is 12.7. The van der Waals surface area contributed by atoms with Crippen LogP contribution in [0.3, 0.4) is 0 Å². The van der Waals surface area contributed by atoms with Crippen molar-refractivity contribution in [1.29, 1.82) is 0 Å². The highest BCUT2D eigenvalue weighted by atomic mass is 16.5. The molecule has 0 unspecified atom stereocenters. The van der Waals surface area contributed by atoms with Gasteiger partial charge in [-0.15, -0.1) is 0 Å². The van der Waals surface area contributed by atoms with Gasteiger partial charge in [-0.1, -0.05) is 18.2 Å². The Bertz CT molecular complexity index is 886. The summed E-state index contributed by atoms with van der Waals surface area (Å²) in [5.41, 5.74) is 1.91. The molecule has 2 N–H and O–H groups in total. The Hall–Kier alpha value is -2.83. The minimum atomic E-state index is -0.785. The van der Waals surface area contributed by atoms with Crippen molar-refractivity contribution >= 4 is 28.7 Å². The van der Waals surface area contributed by atoms with E-state index in [1.165, 1.54) is 7.11 Å². The Labute approximate surface area is 157 Å². The normalized spacial score (nSPS) is 20.7. The van der Waals surface area contributed by atoms with E-state index in [9.17, 15) is 14.4 Å². The number of hydrogen-bond donors (Lipinski definition) is 2. The molecule has 0 spiro atoms. The number of para-hydroxylation sites is 1. The zero-order chi connectivity index (χ0) is 19.0. The van der Waals surface area contributed by atoms with Crippen LogP contribution < -0.4 is 5.32 Å². The third-order valence-corrected chi connectivity index (χ3v) is 5.42. The van der Waals surface area contributed by atoms with Crippen LogP contribution in [0.4, 0.5) is 0 Å². The van der Waals surface area contributed by atoms with Gasteiger partial charge in [0.15, 0.2) is 0 Å². The molecule has 2 aromatic rings. The molecule has 0 bridgehead atoms. The molecule has 1 aromatic carbocycles. The second kappa shape index (κ2) is 7.06. The Morgan fingerprint density at radius 2 is 2.11 bits per heavy atom. The van der Waals surface area contributed by atoms with Crippen molar-refractivity contribution in [3.05, 3.63) is 36.0 Å². The van der Waals surface area contributed by atoms with Gasteiger partial charge in [-0.2, -0.15) is 0 Å². The van der Waals surface area contributed by atoms with Gasteiger partial charge in [-0.25, -0.2) is 4.79 Å². The first kappa shape index (κ1) is 17.6. The maximum atomic E-state index is 12.7. The number of likely N-dealkylation sites (tertiary alicyclic amines) is 1. The lowest BCUT2D eigenvalue weighted by Crippen LogP contribution is -2.46. The molecular formula is C20H23N3O4. The first-order valence-corrected chi connectivity index (χ1v) is 9.29. The van der Waals surface area contributed by atoms with Gasteiger partial charge < -0.3 is 19.9 Å². The summed E-state index contributed by atoms with van der Waals surface area (Å²) < 4.78 is 4.89. The lowest BCUT2D eigenvalue weighted by Gasteiger charge is -2.19. The van der Waals surface area contributed by atoms with E-state index in [1.54, 1.807) is 4.90 Å². The minimum Gasteiger partial charge on any atom is -0.467 e. The van der Waals surface area contributed by atoms with Gasteiger partial charge in [0.25, 0.3) is 0 Å². The largest absolute Gasteiger partial charge is 0.467 e. The van der Waals surface area contributed by atoms with E-state index in [4.69, 9.17) is 4.74 Å². The smallest absolute Gasteiger partial charge is 0.328 e. The van der Waals surface area contributed by atoms with Crippen LogP contribution in [0.1, 0.15) is 24.8 Å². The first-order chi connectivity index (χ1) is 13.1. The van der Waals surface area contributed by atoms with Crippen molar-refractivity contribution in [2.75, 3.05) is 13.7 Å². The number of carbonyl (C=O) groups excluding carboxylic acids is 3. The Kier molecular flexibility index (Phi) is 4.59. The fourth-order valence-electron chi connectivity index (χ4n) is 3.79. The zero-order valence-electron chi connectivity index (χ0n) is 15.2. The highest BCUT2D eigenvalue weighted by Gasteiger charge is 2.42. The van der Waals surface area contributed by atoms with Crippen LogP contribution in [-0.2, 0) is 25.5 Å². The lowest BCUT2D eigenvalue weighted by molar-refractivity contribution is -0.145. The monoisotopic (exact) mass is 369 g/mol. The van der Waals surface area contributed by atoms with Gasteiger partial charge in [-0.05, 0) is 24.5 Å². The molecule has 1 aromatic heterocycles. The molecule has 2 amide bonds. The topological polar surface area (TPSA) is 91.5 Å². The van der Waals surface area contributed by atoms with E-state index in [2.05, 4.69) is 10.3 Å². The number of amides is 2. The Morgan fingerprint density at radius 1 is 1.33 bits per heavy atom.